The lowest BCUT2D eigenvalue weighted by Crippen LogP contribution is -2.46. The highest BCUT2D eigenvalue weighted by atomic mass is 32.2. The van der Waals surface area contributed by atoms with Crippen molar-refractivity contribution in [3.8, 4) is 0 Å². The number of guanidine groups is 1. The second-order valence-electron chi connectivity index (χ2n) is 6.33. The van der Waals surface area contributed by atoms with Gasteiger partial charge in [-0.2, -0.15) is 11.8 Å². The Morgan fingerprint density at radius 2 is 2.04 bits per heavy atom. The summed E-state index contributed by atoms with van der Waals surface area (Å²) in [5, 5.41) is 11.3. The summed E-state index contributed by atoms with van der Waals surface area (Å²) in [7, 11) is 1.84. The van der Waals surface area contributed by atoms with Gasteiger partial charge in [0.2, 0.25) is 0 Å². The van der Waals surface area contributed by atoms with Gasteiger partial charge in [0.1, 0.15) is 0 Å². The molecule has 0 radical (unpaired) electrons. The minimum atomic E-state index is 0.358. The van der Waals surface area contributed by atoms with Crippen molar-refractivity contribution < 1.29 is 0 Å². The number of rotatable bonds is 7. The Bertz CT molecular complexity index is 469. The van der Waals surface area contributed by atoms with Crippen LogP contribution in [0.4, 0.5) is 5.69 Å². The first-order valence-electron chi connectivity index (χ1n) is 8.56. The van der Waals surface area contributed by atoms with Crippen molar-refractivity contribution >= 4 is 23.4 Å². The predicted octanol–water partition coefficient (Wildman–Crippen LogP) is 3.18. The van der Waals surface area contributed by atoms with Crippen LogP contribution in [0.15, 0.2) is 35.3 Å². The van der Waals surface area contributed by atoms with Gasteiger partial charge in [0.05, 0.1) is 0 Å². The Morgan fingerprint density at radius 1 is 1.26 bits per heavy atom. The molecule has 0 saturated carbocycles. The minimum Gasteiger partial charge on any atom is -0.380 e. The fraction of sp³-hybridized carbons (Fsp3) is 0.611. The molecule has 128 valence electrons. The molecule has 1 aliphatic rings. The Balaban J connectivity index is 1.79. The maximum Gasteiger partial charge on any atom is 0.191 e. The van der Waals surface area contributed by atoms with Gasteiger partial charge < -0.3 is 16.0 Å². The molecule has 0 aliphatic carbocycles. The second kappa shape index (κ2) is 9.71. The number of hydrogen-bond acceptors (Lipinski definition) is 3. The first-order valence-corrected chi connectivity index (χ1v) is 9.61. The molecule has 1 saturated heterocycles. The number of para-hydroxylation sites is 1. The van der Waals surface area contributed by atoms with Crippen molar-refractivity contribution in [2.75, 3.05) is 31.2 Å². The SMILES string of the molecule is CN=C(NCC1CCCS1)NCC(Nc1ccccc1)C(C)C. The third kappa shape index (κ3) is 6.34. The number of anilines is 1. The molecule has 0 bridgehead atoms. The first kappa shape index (κ1) is 18.0. The second-order valence-corrected chi connectivity index (χ2v) is 7.74. The summed E-state index contributed by atoms with van der Waals surface area (Å²) in [6, 6.07) is 10.7. The van der Waals surface area contributed by atoms with Gasteiger partial charge in [0, 0.05) is 37.1 Å². The van der Waals surface area contributed by atoms with Crippen molar-refractivity contribution in [1.29, 1.82) is 0 Å². The van der Waals surface area contributed by atoms with E-state index in [2.05, 4.69) is 70.8 Å². The summed E-state index contributed by atoms with van der Waals surface area (Å²) < 4.78 is 0. The normalized spacial score (nSPS) is 19.7. The zero-order valence-corrected chi connectivity index (χ0v) is 15.3. The summed E-state index contributed by atoms with van der Waals surface area (Å²) in [4.78, 5) is 4.34. The van der Waals surface area contributed by atoms with E-state index >= 15 is 0 Å². The van der Waals surface area contributed by atoms with E-state index in [-0.39, 0.29) is 0 Å². The topological polar surface area (TPSA) is 48.5 Å². The number of benzene rings is 1. The average molecular weight is 335 g/mol. The van der Waals surface area contributed by atoms with Crippen LogP contribution in [0.5, 0.6) is 0 Å². The molecule has 1 aromatic rings. The van der Waals surface area contributed by atoms with E-state index in [0.717, 1.165) is 24.3 Å². The minimum absolute atomic E-state index is 0.358. The monoisotopic (exact) mass is 334 g/mol. The summed E-state index contributed by atoms with van der Waals surface area (Å²) >= 11 is 2.07. The van der Waals surface area contributed by atoms with E-state index in [1.807, 2.05) is 13.1 Å². The smallest absolute Gasteiger partial charge is 0.191 e. The molecule has 1 fully saturated rings. The molecule has 2 unspecified atom stereocenters. The molecule has 2 rings (SSSR count). The van der Waals surface area contributed by atoms with Crippen LogP contribution in [0, 0.1) is 5.92 Å². The zero-order valence-electron chi connectivity index (χ0n) is 14.5. The van der Waals surface area contributed by atoms with Crippen LogP contribution >= 0.6 is 11.8 Å². The summed E-state index contributed by atoms with van der Waals surface area (Å²) in [6.45, 7) is 6.34. The molecular formula is C18H30N4S. The van der Waals surface area contributed by atoms with Gasteiger partial charge in [0.25, 0.3) is 0 Å². The molecule has 0 amide bonds. The van der Waals surface area contributed by atoms with Crippen LogP contribution in [0.1, 0.15) is 26.7 Å². The van der Waals surface area contributed by atoms with Crippen LogP contribution < -0.4 is 16.0 Å². The maximum absolute atomic E-state index is 4.34. The first-order chi connectivity index (χ1) is 11.2. The van der Waals surface area contributed by atoms with Crippen molar-refractivity contribution in [3.63, 3.8) is 0 Å². The van der Waals surface area contributed by atoms with E-state index in [1.54, 1.807) is 0 Å². The van der Waals surface area contributed by atoms with E-state index in [9.17, 15) is 0 Å². The lowest BCUT2D eigenvalue weighted by molar-refractivity contribution is 0.512. The third-order valence-electron chi connectivity index (χ3n) is 4.16. The van der Waals surface area contributed by atoms with Crippen LogP contribution in [-0.4, -0.2) is 43.1 Å². The van der Waals surface area contributed by atoms with Gasteiger partial charge in [-0.3, -0.25) is 4.99 Å². The van der Waals surface area contributed by atoms with Gasteiger partial charge in [-0.1, -0.05) is 32.0 Å². The standard InChI is InChI=1S/C18H30N4S/c1-14(2)17(22-15-8-5-4-6-9-15)13-21-18(19-3)20-12-16-10-7-11-23-16/h4-6,8-9,14,16-17,22H,7,10-13H2,1-3H3,(H2,19,20,21). The molecule has 23 heavy (non-hydrogen) atoms. The van der Waals surface area contributed by atoms with Crippen LogP contribution in [0.3, 0.4) is 0 Å². The Hall–Kier alpha value is -1.36. The number of thioether (sulfide) groups is 1. The van der Waals surface area contributed by atoms with E-state index in [1.165, 1.54) is 24.3 Å². The van der Waals surface area contributed by atoms with Crippen molar-refractivity contribution in [3.05, 3.63) is 30.3 Å². The van der Waals surface area contributed by atoms with Crippen LogP contribution in [0.2, 0.25) is 0 Å². The largest absolute Gasteiger partial charge is 0.380 e. The summed E-state index contributed by atoms with van der Waals surface area (Å²) in [5.74, 6) is 2.73. The Morgan fingerprint density at radius 3 is 2.65 bits per heavy atom. The molecule has 1 heterocycles. The van der Waals surface area contributed by atoms with Gasteiger partial charge in [-0.05, 0) is 36.6 Å². The molecule has 0 aromatic heterocycles. The number of nitrogens with zero attached hydrogens (tertiary/aromatic N) is 1. The van der Waals surface area contributed by atoms with E-state index < -0.39 is 0 Å². The molecule has 1 aliphatic heterocycles. The Kier molecular flexibility index (Phi) is 7.59. The highest BCUT2D eigenvalue weighted by Gasteiger charge is 2.17. The number of nitrogens with one attached hydrogen (secondary N) is 3. The van der Waals surface area contributed by atoms with Gasteiger partial charge >= 0.3 is 0 Å². The predicted molar refractivity (Wildman–Crippen MR) is 104 cm³/mol. The highest BCUT2D eigenvalue weighted by Crippen LogP contribution is 2.25. The Labute approximate surface area is 144 Å². The number of aliphatic imine (C=N–C) groups is 1. The third-order valence-corrected chi connectivity index (χ3v) is 5.56. The lowest BCUT2D eigenvalue weighted by Gasteiger charge is -2.25. The molecule has 3 N–H and O–H groups in total. The molecule has 1 aromatic carbocycles. The van der Waals surface area contributed by atoms with Crippen LogP contribution in [-0.2, 0) is 0 Å². The van der Waals surface area contributed by atoms with E-state index in [4.69, 9.17) is 0 Å². The molecule has 2 atom stereocenters. The molecule has 0 spiro atoms. The van der Waals surface area contributed by atoms with Crippen molar-refractivity contribution in [1.82, 2.24) is 10.6 Å². The quantitative estimate of drug-likeness (QED) is 0.529. The van der Waals surface area contributed by atoms with Crippen molar-refractivity contribution in [2.24, 2.45) is 10.9 Å². The van der Waals surface area contributed by atoms with Gasteiger partial charge in [-0.15, -0.1) is 0 Å². The summed E-state index contributed by atoms with van der Waals surface area (Å²) in [6.07, 6.45) is 2.66. The lowest BCUT2D eigenvalue weighted by atomic mass is 10.0. The highest BCUT2D eigenvalue weighted by molar-refractivity contribution is 8.00. The molecular weight excluding hydrogens is 304 g/mol. The van der Waals surface area contributed by atoms with Crippen LogP contribution in [0.25, 0.3) is 0 Å². The zero-order chi connectivity index (χ0) is 16.5. The fourth-order valence-corrected chi connectivity index (χ4v) is 3.85. The molecule has 5 heteroatoms. The van der Waals surface area contributed by atoms with Crippen molar-refractivity contribution in [2.45, 2.75) is 38.0 Å². The van der Waals surface area contributed by atoms with E-state index in [0.29, 0.717) is 12.0 Å². The fourth-order valence-electron chi connectivity index (χ4n) is 2.64. The van der Waals surface area contributed by atoms with Gasteiger partial charge in [-0.25, -0.2) is 0 Å². The maximum atomic E-state index is 4.34. The number of hydrogen-bond donors (Lipinski definition) is 3. The summed E-state index contributed by atoms with van der Waals surface area (Å²) in [5.41, 5.74) is 1.17. The van der Waals surface area contributed by atoms with Gasteiger partial charge in [0.15, 0.2) is 5.96 Å². The molecule has 4 nitrogen and oxygen atoms in total. The average Bonchev–Trinajstić information content (AvgIpc) is 3.08.